The number of rotatable bonds is 2. The Balaban J connectivity index is 2.23. The SMILES string of the molecule is CCCN1CCc2c(O)ccc(Cl)c2CC1. The summed E-state index contributed by atoms with van der Waals surface area (Å²) in [5.74, 6) is 0.401. The van der Waals surface area contributed by atoms with Crippen LogP contribution in [0.4, 0.5) is 0 Å². The van der Waals surface area contributed by atoms with Crippen molar-refractivity contribution in [3.05, 3.63) is 28.3 Å². The van der Waals surface area contributed by atoms with E-state index in [-0.39, 0.29) is 0 Å². The van der Waals surface area contributed by atoms with E-state index in [1.54, 1.807) is 12.1 Å². The highest BCUT2D eigenvalue weighted by Crippen LogP contribution is 2.30. The van der Waals surface area contributed by atoms with E-state index >= 15 is 0 Å². The van der Waals surface area contributed by atoms with E-state index in [4.69, 9.17) is 11.6 Å². The number of aromatic hydroxyl groups is 1. The Bertz CT molecular complexity index is 345. The van der Waals surface area contributed by atoms with Crippen LogP contribution in [0.1, 0.15) is 24.5 Å². The maximum atomic E-state index is 9.84. The van der Waals surface area contributed by atoms with Crippen molar-refractivity contribution >= 4 is 11.6 Å². The van der Waals surface area contributed by atoms with Gasteiger partial charge in [0.05, 0.1) is 0 Å². The van der Waals surface area contributed by atoms with Gasteiger partial charge in [0.2, 0.25) is 0 Å². The van der Waals surface area contributed by atoms with Crippen LogP contribution < -0.4 is 0 Å². The zero-order valence-corrected chi connectivity index (χ0v) is 10.4. The summed E-state index contributed by atoms with van der Waals surface area (Å²) in [4.78, 5) is 2.44. The third kappa shape index (κ3) is 2.33. The zero-order valence-electron chi connectivity index (χ0n) is 9.67. The van der Waals surface area contributed by atoms with Crippen LogP contribution in [0.25, 0.3) is 0 Å². The third-order valence-corrected chi connectivity index (χ3v) is 3.60. The minimum absolute atomic E-state index is 0.401. The van der Waals surface area contributed by atoms with Gasteiger partial charge in [-0.15, -0.1) is 0 Å². The Hall–Kier alpha value is -0.730. The van der Waals surface area contributed by atoms with Gasteiger partial charge in [0.1, 0.15) is 5.75 Å². The van der Waals surface area contributed by atoms with Gasteiger partial charge in [-0.1, -0.05) is 18.5 Å². The van der Waals surface area contributed by atoms with E-state index in [0.717, 1.165) is 48.6 Å². The van der Waals surface area contributed by atoms with Gasteiger partial charge >= 0.3 is 0 Å². The molecule has 1 heterocycles. The highest BCUT2D eigenvalue weighted by atomic mass is 35.5. The lowest BCUT2D eigenvalue weighted by atomic mass is 10.0. The lowest BCUT2D eigenvalue weighted by molar-refractivity contribution is 0.287. The minimum atomic E-state index is 0.401. The molecule has 2 rings (SSSR count). The van der Waals surface area contributed by atoms with Crippen LogP contribution in [-0.4, -0.2) is 29.6 Å². The first-order chi connectivity index (χ1) is 7.72. The van der Waals surface area contributed by atoms with Gasteiger partial charge in [-0.25, -0.2) is 0 Å². The first-order valence-corrected chi connectivity index (χ1v) is 6.31. The Morgan fingerprint density at radius 2 is 1.94 bits per heavy atom. The van der Waals surface area contributed by atoms with Gasteiger partial charge in [0.15, 0.2) is 0 Å². The molecular weight excluding hydrogens is 222 g/mol. The fourth-order valence-corrected chi connectivity index (χ4v) is 2.66. The topological polar surface area (TPSA) is 23.5 Å². The molecule has 0 saturated carbocycles. The Labute approximate surface area is 102 Å². The summed E-state index contributed by atoms with van der Waals surface area (Å²) in [5, 5.41) is 10.6. The lowest BCUT2D eigenvalue weighted by Crippen LogP contribution is -2.27. The molecule has 0 aliphatic carbocycles. The normalized spacial score (nSPS) is 16.9. The van der Waals surface area contributed by atoms with Crippen molar-refractivity contribution in [1.82, 2.24) is 4.90 Å². The van der Waals surface area contributed by atoms with Crippen molar-refractivity contribution in [2.24, 2.45) is 0 Å². The fraction of sp³-hybridized carbons (Fsp3) is 0.538. The molecular formula is C13H18ClNO. The predicted molar refractivity (Wildman–Crippen MR) is 67.3 cm³/mol. The molecule has 88 valence electrons. The maximum absolute atomic E-state index is 9.84. The molecule has 0 radical (unpaired) electrons. The molecule has 1 aliphatic heterocycles. The number of fused-ring (bicyclic) bond motifs is 1. The molecule has 0 spiro atoms. The zero-order chi connectivity index (χ0) is 11.5. The molecule has 0 fully saturated rings. The number of hydrogen-bond donors (Lipinski definition) is 1. The number of hydrogen-bond acceptors (Lipinski definition) is 2. The van der Waals surface area contributed by atoms with Gasteiger partial charge in [-0.2, -0.15) is 0 Å². The Morgan fingerprint density at radius 3 is 2.62 bits per heavy atom. The summed E-state index contributed by atoms with van der Waals surface area (Å²) >= 11 is 6.18. The molecule has 0 atom stereocenters. The second-order valence-electron chi connectivity index (χ2n) is 4.37. The smallest absolute Gasteiger partial charge is 0.119 e. The summed E-state index contributed by atoms with van der Waals surface area (Å²) in [5.41, 5.74) is 2.19. The fourth-order valence-electron chi connectivity index (χ4n) is 2.39. The van der Waals surface area contributed by atoms with Crippen LogP contribution in [0.5, 0.6) is 5.75 Å². The van der Waals surface area contributed by atoms with E-state index in [1.807, 2.05) is 0 Å². The third-order valence-electron chi connectivity index (χ3n) is 3.25. The largest absolute Gasteiger partial charge is 0.508 e. The molecule has 16 heavy (non-hydrogen) atoms. The number of benzene rings is 1. The van der Waals surface area contributed by atoms with Crippen LogP contribution in [-0.2, 0) is 12.8 Å². The molecule has 1 aromatic rings. The van der Waals surface area contributed by atoms with E-state index in [0.29, 0.717) is 5.75 Å². The maximum Gasteiger partial charge on any atom is 0.119 e. The first kappa shape index (κ1) is 11.7. The van der Waals surface area contributed by atoms with Gasteiger partial charge < -0.3 is 10.0 Å². The van der Waals surface area contributed by atoms with E-state index < -0.39 is 0 Å². The molecule has 0 bridgehead atoms. The molecule has 2 nitrogen and oxygen atoms in total. The average Bonchev–Trinajstić information content (AvgIpc) is 2.48. The van der Waals surface area contributed by atoms with Gasteiger partial charge in [0, 0.05) is 18.1 Å². The Kier molecular flexibility index (Phi) is 3.72. The van der Waals surface area contributed by atoms with Crippen molar-refractivity contribution in [2.75, 3.05) is 19.6 Å². The van der Waals surface area contributed by atoms with Crippen LogP contribution >= 0.6 is 11.6 Å². The number of phenols is 1. The van der Waals surface area contributed by atoms with Crippen LogP contribution in [0.15, 0.2) is 12.1 Å². The predicted octanol–water partition coefficient (Wildman–Crippen LogP) is 2.86. The summed E-state index contributed by atoms with van der Waals surface area (Å²) in [7, 11) is 0. The second-order valence-corrected chi connectivity index (χ2v) is 4.77. The second kappa shape index (κ2) is 5.07. The molecule has 3 heteroatoms. The van der Waals surface area contributed by atoms with Crippen molar-refractivity contribution in [1.29, 1.82) is 0 Å². The van der Waals surface area contributed by atoms with E-state index in [2.05, 4.69) is 11.8 Å². The molecule has 1 aromatic carbocycles. The number of halogens is 1. The number of phenolic OH excluding ortho intramolecular Hbond substituents is 1. The van der Waals surface area contributed by atoms with Gasteiger partial charge in [-0.3, -0.25) is 0 Å². The van der Waals surface area contributed by atoms with Gasteiger partial charge in [-0.05, 0) is 49.1 Å². The van der Waals surface area contributed by atoms with Crippen LogP contribution in [0.3, 0.4) is 0 Å². The Morgan fingerprint density at radius 1 is 1.25 bits per heavy atom. The van der Waals surface area contributed by atoms with Crippen LogP contribution in [0, 0.1) is 0 Å². The van der Waals surface area contributed by atoms with Crippen molar-refractivity contribution in [3.8, 4) is 5.75 Å². The summed E-state index contributed by atoms with van der Waals surface area (Å²) in [6.07, 6.45) is 3.03. The van der Waals surface area contributed by atoms with Crippen molar-refractivity contribution in [3.63, 3.8) is 0 Å². The first-order valence-electron chi connectivity index (χ1n) is 5.94. The summed E-state index contributed by atoms with van der Waals surface area (Å²) in [6, 6.07) is 3.50. The molecule has 1 N–H and O–H groups in total. The summed E-state index contributed by atoms with van der Waals surface area (Å²) < 4.78 is 0. The number of nitrogens with zero attached hydrogens (tertiary/aromatic N) is 1. The molecule has 0 saturated heterocycles. The van der Waals surface area contributed by atoms with Crippen LogP contribution in [0.2, 0.25) is 5.02 Å². The lowest BCUT2D eigenvalue weighted by Gasteiger charge is -2.18. The van der Waals surface area contributed by atoms with Gasteiger partial charge in [0.25, 0.3) is 0 Å². The highest BCUT2D eigenvalue weighted by Gasteiger charge is 2.18. The minimum Gasteiger partial charge on any atom is -0.508 e. The van der Waals surface area contributed by atoms with E-state index in [1.165, 1.54) is 6.42 Å². The summed E-state index contributed by atoms with van der Waals surface area (Å²) in [6.45, 7) is 5.40. The van der Waals surface area contributed by atoms with Crippen molar-refractivity contribution in [2.45, 2.75) is 26.2 Å². The molecule has 0 amide bonds. The molecule has 1 aliphatic rings. The standard InChI is InChI=1S/C13H18ClNO/c1-2-7-15-8-5-10-11(6-9-15)13(16)4-3-12(10)14/h3-4,16H,2,5-9H2,1H3. The van der Waals surface area contributed by atoms with Crippen molar-refractivity contribution < 1.29 is 5.11 Å². The quantitative estimate of drug-likeness (QED) is 0.858. The highest BCUT2D eigenvalue weighted by molar-refractivity contribution is 6.31. The molecule has 0 aromatic heterocycles. The molecule has 0 unspecified atom stereocenters. The average molecular weight is 240 g/mol. The monoisotopic (exact) mass is 239 g/mol. The van der Waals surface area contributed by atoms with E-state index in [9.17, 15) is 5.11 Å².